The molecule has 0 saturated carbocycles. The SMILES string of the molecule is CCN(CC(F)(F)F)C(C)CC(C)(O)CN. The molecule has 0 bridgehead atoms. The first-order chi connectivity index (χ1) is 7.11. The maximum absolute atomic E-state index is 12.2. The van der Waals surface area contributed by atoms with E-state index in [1.54, 1.807) is 13.8 Å². The number of nitrogens with zero attached hydrogens (tertiary/aromatic N) is 1. The van der Waals surface area contributed by atoms with Crippen LogP contribution in [0, 0.1) is 0 Å². The first-order valence-corrected chi connectivity index (χ1v) is 5.34. The largest absolute Gasteiger partial charge is 0.401 e. The van der Waals surface area contributed by atoms with Gasteiger partial charge in [-0.25, -0.2) is 0 Å². The quantitative estimate of drug-likeness (QED) is 0.739. The van der Waals surface area contributed by atoms with E-state index in [-0.39, 0.29) is 19.0 Å². The van der Waals surface area contributed by atoms with Gasteiger partial charge in [-0.05, 0) is 26.8 Å². The van der Waals surface area contributed by atoms with Gasteiger partial charge in [-0.15, -0.1) is 0 Å². The van der Waals surface area contributed by atoms with E-state index in [1.807, 2.05) is 0 Å². The molecule has 0 spiro atoms. The molecule has 0 aliphatic heterocycles. The summed E-state index contributed by atoms with van der Waals surface area (Å²) in [5.74, 6) is 0. The Labute approximate surface area is 94.4 Å². The lowest BCUT2D eigenvalue weighted by Gasteiger charge is -2.33. The zero-order chi connectivity index (χ0) is 13.0. The number of rotatable bonds is 6. The van der Waals surface area contributed by atoms with Crippen molar-refractivity contribution in [2.75, 3.05) is 19.6 Å². The normalized spacial score (nSPS) is 18.6. The van der Waals surface area contributed by atoms with Crippen LogP contribution in [0.3, 0.4) is 0 Å². The van der Waals surface area contributed by atoms with Crippen molar-refractivity contribution in [3.63, 3.8) is 0 Å². The number of nitrogens with two attached hydrogens (primary N) is 1. The first kappa shape index (κ1) is 15.7. The molecule has 0 aromatic heterocycles. The van der Waals surface area contributed by atoms with Crippen molar-refractivity contribution in [1.29, 1.82) is 0 Å². The van der Waals surface area contributed by atoms with Crippen molar-refractivity contribution in [1.82, 2.24) is 4.90 Å². The maximum atomic E-state index is 12.2. The Hall–Kier alpha value is -0.330. The minimum Gasteiger partial charge on any atom is -0.389 e. The highest BCUT2D eigenvalue weighted by atomic mass is 19.4. The highest BCUT2D eigenvalue weighted by Crippen LogP contribution is 2.21. The van der Waals surface area contributed by atoms with E-state index in [4.69, 9.17) is 5.73 Å². The minimum atomic E-state index is -4.21. The number of hydrogen-bond acceptors (Lipinski definition) is 3. The molecular formula is C10H21F3N2O. The first-order valence-electron chi connectivity index (χ1n) is 5.34. The summed E-state index contributed by atoms with van der Waals surface area (Å²) in [5.41, 5.74) is 4.22. The Morgan fingerprint density at radius 3 is 2.19 bits per heavy atom. The van der Waals surface area contributed by atoms with E-state index in [0.29, 0.717) is 6.54 Å². The summed E-state index contributed by atoms with van der Waals surface area (Å²) in [6.07, 6.45) is -3.98. The molecule has 0 aliphatic carbocycles. The lowest BCUT2D eigenvalue weighted by atomic mass is 9.97. The van der Waals surface area contributed by atoms with Crippen LogP contribution >= 0.6 is 0 Å². The van der Waals surface area contributed by atoms with Crippen molar-refractivity contribution >= 4 is 0 Å². The lowest BCUT2D eigenvalue weighted by molar-refractivity contribution is -0.152. The molecule has 3 nitrogen and oxygen atoms in total. The van der Waals surface area contributed by atoms with E-state index in [9.17, 15) is 18.3 Å². The molecule has 0 amide bonds. The predicted molar refractivity (Wildman–Crippen MR) is 57.1 cm³/mol. The van der Waals surface area contributed by atoms with Crippen LogP contribution in [0.25, 0.3) is 0 Å². The van der Waals surface area contributed by atoms with E-state index in [1.165, 1.54) is 11.8 Å². The summed E-state index contributed by atoms with van der Waals surface area (Å²) in [6.45, 7) is 4.25. The fraction of sp³-hybridized carbons (Fsp3) is 1.00. The summed E-state index contributed by atoms with van der Waals surface area (Å²) in [6, 6.07) is -0.356. The summed E-state index contributed by atoms with van der Waals surface area (Å²) in [7, 11) is 0. The molecule has 0 rings (SSSR count). The Kier molecular flexibility index (Phi) is 5.72. The maximum Gasteiger partial charge on any atom is 0.401 e. The molecule has 0 aromatic rings. The third-order valence-corrected chi connectivity index (χ3v) is 2.59. The van der Waals surface area contributed by atoms with Crippen LogP contribution in [0.1, 0.15) is 27.2 Å². The topological polar surface area (TPSA) is 49.5 Å². The molecule has 16 heavy (non-hydrogen) atoms. The van der Waals surface area contributed by atoms with Crippen molar-refractivity contribution in [2.45, 2.75) is 45.0 Å². The highest BCUT2D eigenvalue weighted by Gasteiger charge is 2.33. The number of hydrogen-bond donors (Lipinski definition) is 2. The minimum absolute atomic E-state index is 0.0426. The van der Waals surface area contributed by atoms with Gasteiger partial charge < -0.3 is 10.8 Å². The van der Waals surface area contributed by atoms with Gasteiger partial charge in [0.05, 0.1) is 12.1 Å². The molecule has 0 saturated heterocycles. The average molecular weight is 242 g/mol. The number of halogens is 3. The third-order valence-electron chi connectivity index (χ3n) is 2.59. The molecule has 0 radical (unpaired) electrons. The van der Waals surface area contributed by atoms with Gasteiger partial charge in [0.15, 0.2) is 0 Å². The van der Waals surface area contributed by atoms with Crippen molar-refractivity contribution < 1.29 is 18.3 Å². The van der Waals surface area contributed by atoms with Gasteiger partial charge in [-0.3, -0.25) is 4.90 Å². The van der Waals surface area contributed by atoms with Crippen LogP contribution in [0.2, 0.25) is 0 Å². The van der Waals surface area contributed by atoms with E-state index in [0.717, 1.165) is 0 Å². The Balaban J connectivity index is 4.37. The van der Waals surface area contributed by atoms with E-state index < -0.39 is 18.3 Å². The molecule has 0 heterocycles. The zero-order valence-electron chi connectivity index (χ0n) is 10.0. The van der Waals surface area contributed by atoms with Crippen LogP contribution in [-0.4, -0.2) is 47.5 Å². The highest BCUT2D eigenvalue weighted by molar-refractivity contribution is 4.81. The molecular weight excluding hydrogens is 221 g/mol. The van der Waals surface area contributed by atoms with Crippen LogP contribution in [0.15, 0.2) is 0 Å². The van der Waals surface area contributed by atoms with E-state index in [2.05, 4.69) is 0 Å². The van der Waals surface area contributed by atoms with Gasteiger partial charge in [-0.2, -0.15) is 13.2 Å². The van der Waals surface area contributed by atoms with Crippen LogP contribution in [0.4, 0.5) is 13.2 Å². The standard InChI is InChI=1S/C10H21F3N2O/c1-4-15(7-10(11,12)13)8(2)5-9(3,16)6-14/h8,16H,4-7,14H2,1-3H3. The lowest BCUT2D eigenvalue weighted by Crippen LogP contribution is -2.46. The molecule has 98 valence electrons. The summed E-state index contributed by atoms with van der Waals surface area (Å²) < 4.78 is 36.7. The second kappa shape index (κ2) is 5.84. The van der Waals surface area contributed by atoms with Crippen LogP contribution in [-0.2, 0) is 0 Å². The summed E-state index contributed by atoms with van der Waals surface area (Å²) in [4.78, 5) is 1.28. The molecule has 6 heteroatoms. The van der Waals surface area contributed by atoms with Gasteiger partial charge in [-0.1, -0.05) is 6.92 Å². The Bertz CT molecular complexity index is 207. The predicted octanol–water partition coefficient (Wildman–Crippen LogP) is 1.36. The van der Waals surface area contributed by atoms with Crippen molar-refractivity contribution in [3.05, 3.63) is 0 Å². The van der Waals surface area contributed by atoms with E-state index >= 15 is 0 Å². The molecule has 0 aromatic carbocycles. The van der Waals surface area contributed by atoms with Crippen LogP contribution in [0.5, 0.6) is 0 Å². The van der Waals surface area contributed by atoms with Gasteiger partial charge in [0.1, 0.15) is 0 Å². The monoisotopic (exact) mass is 242 g/mol. The molecule has 0 fully saturated rings. The van der Waals surface area contributed by atoms with Crippen molar-refractivity contribution in [2.24, 2.45) is 5.73 Å². The molecule has 2 unspecified atom stereocenters. The molecule has 0 aliphatic rings. The Morgan fingerprint density at radius 1 is 1.38 bits per heavy atom. The smallest absolute Gasteiger partial charge is 0.389 e. The second-order valence-electron chi connectivity index (χ2n) is 4.43. The fourth-order valence-electron chi connectivity index (χ4n) is 1.66. The number of aliphatic hydroxyl groups is 1. The molecule has 3 N–H and O–H groups in total. The summed E-state index contributed by atoms with van der Waals surface area (Å²) in [5, 5.41) is 9.70. The van der Waals surface area contributed by atoms with Crippen molar-refractivity contribution in [3.8, 4) is 0 Å². The summed E-state index contributed by atoms with van der Waals surface area (Å²) >= 11 is 0. The second-order valence-corrected chi connectivity index (χ2v) is 4.43. The zero-order valence-corrected chi connectivity index (χ0v) is 10.0. The van der Waals surface area contributed by atoms with Crippen LogP contribution < -0.4 is 5.73 Å². The average Bonchev–Trinajstić information content (AvgIpc) is 2.12. The molecule has 2 atom stereocenters. The number of alkyl halides is 3. The Morgan fingerprint density at radius 2 is 1.88 bits per heavy atom. The van der Waals surface area contributed by atoms with Gasteiger partial charge >= 0.3 is 6.18 Å². The van der Waals surface area contributed by atoms with Gasteiger partial charge in [0.25, 0.3) is 0 Å². The van der Waals surface area contributed by atoms with Gasteiger partial charge in [0, 0.05) is 12.6 Å². The fourth-order valence-corrected chi connectivity index (χ4v) is 1.66. The third kappa shape index (κ3) is 6.30. The van der Waals surface area contributed by atoms with Gasteiger partial charge in [0.2, 0.25) is 0 Å².